The van der Waals surface area contributed by atoms with Crippen LogP contribution in [-0.4, -0.2) is 51.3 Å². The number of benzene rings is 2. The summed E-state index contributed by atoms with van der Waals surface area (Å²) in [5.74, 6) is -0.465. The van der Waals surface area contributed by atoms with Gasteiger partial charge in [0.2, 0.25) is 15.9 Å². The molecule has 0 saturated carbocycles. The molecule has 2 rings (SSSR count). The number of amides is 2. The normalized spacial score (nSPS) is 11.4. The molecule has 0 heterocycles. The van der Waals surface area contributed by atoms with Crippen LogP contribution in [-0.2, 0) is 14.8 Å². The van der Waals surface area contributed by atoms with Crippen molar-refractivity contribution in [1.82, 2.24) is 9.62 Å². The van der Waals surface area contributed by atoms with Gasteiger partial charge in [-0.3, -0.25) is 9.59 Å². The molecule has 2 aromatic carbocycles. The molecule has 9 heteroatoms. The van der Waals surface area contributed by atoms with Gasteiger partial charge >= 0.3 is 0 Å². The van der Waals surface area contributed by atoms with Crippen LogP contribution in [0.2, 0.25) is 0 Å². The zero-order chi connectivity index (χ0) is 21.6. The van der Waals surface area contributed by atoms with E-state index in [1.807, 2.05) is 0 Å². The number of ether oxygens (including phenoxy) is 1. The molecule has 2 amide bonds. The van der Waals surface area contributed by atoms with Gasteiger partial charge in [0.15, 0.2) is 0 Å². The van der Waals surface area contributed by atoms with E-state index in [4.69, 9.17) is 4.74 Å². The first kappa shape index (κ1) is 22.4. The van der Waals surface area contributed by atoms with Gasteiger partial charge < -0.3 is 15.4 Å². The van der Waals surface area contributed by atoms with Gasteiger partial charge in [-0.15, -0.1) is 0 Å². The highest BCUT2D eigenvalue weighted by atomic mass is 32.2. The molecule has 0 atom stereocenters. The van der Waals surface area contributed by atoms with Crippen molar-refractivity contribution in [3.8, 4) is 5.75 Å². The van der Waals surface area contributed by atoms with Gasteiger partial charge in [0.1, 0.15) is 5.75 Å². The highest BCUT2D eigenvalue weighted by Gasteiger charge is 2.22. The average Bonchev–Trinajstić information content (AvgIpc) is 2.71. The van der Waals surface area contributed by atoms with Crippen molar-refractivity contribution in [2.75, 3.05) is 26.0 Å². The molecule has 0 radical (unpaired) electrons. The van der Waals surface area contributed by atoms with Crippen LogP contribution in [0.3, 0.4) is 0 Å². The van der Waals surface area contributed by atoms with Crippen molar-refractivity contribution in [3.05, 3.63) is 54.1 Å². The van der Waals surface area contributed by atoms with Crippen molar-refractivity contribution >= 4 is 27.5 Å². The first-order valence-corrected chi connectivity index (χ1v) is 10.4. The molecule has 0 aliphatic heterocycles. The first-order chi connectivity index (χ1) is 13.7. The maximum absolute atomic E-state index is 12.5. The van der Waals surface area contributed by atoms with E-state index < -0.39 is 21.8 Å². The van der Waals surface area contributed by atoms with Gasteiger partial charge in [0.25, 0.3) is 5.91 Å². The van der Waals surface area contributed by atoms with E-state index in [1.54, 1.807) is 38.1 Å². The van der Waals surface area contributed by atoms with Crippen LogP contribution < -0.4 is 15.4 Å². The zero-order valence-electron chi connectivity index (χ0n) is 16.8. The van der Waals surface area contributed by atoms with Gasteiger partial charge in [-0.1, -0.05) is 12.1 Å². The zero-order valence-corrected chi connectivity index (χ0v) is 17.6. The van der Waals surface area contributed by atoms with Gasteiger partial charge in [0.05, 0.1) is 24.1 Å². The number of rotatable bonds is 8. The van der Waals surface area contributed by atoms with E-state index in [0.717, 1.165) is 0 Å². The summed E-state index contributed by atoms with van der Waals surface area (Å²) >= 11 is 0. The highest BCUT2D eigenvalue weighted by molar-refractivity contribution is 7.89. The van der Waals surface area contributed by atoms with Crippen LogP contribution >= 0.6 is 0 Å². The Morgan fingerprint density at radius 1 is 1.07 bits per heavy atom. The summed E-state index contributed by atoms with van der Waals surface area (Å²) in [6, 6.07) is 12.4. The lowest BCUT2D eigenvalue weighted by Crippen LogP contribution is -2.33. The topological polar surface area (TPSA) is 105 Å². The summed E-state index contributed by atoms with van der Waals surface area (Å²) < 4.78 is 31.3. The highest BCUT2D eigenvalue weighted by Crippen LogP contribution is 2.19. The lowest BCUT2D eigenvalue weighted by atomic mass is 10.2. The molecule has 0 unspecified atom stereocenters. The minimum Gasteiger partial charge on any atom is -0.496 e. The molecule has 156 valence electrons. The Kier molecular flexibility index (Phi) is 7.35. The van der Waals surface area contributed by atoms with Crippen LogP contribution in [0, 0.1) is 0 Å². The minimum atomic E-state index is -3.59. The maximum atomic E-state index is 12.5. The molecule has 2 aromatic rings. The van der Waals surface area contributed by atoms with E-state index in [0.29, 0.717) is 17.0 Å². The number of hydrogen-bond donors (Lipinski definition) is 2. The molecule has 2 N–H and O–H groups in total. The Hall–Kier alpha value is -2.91. The summed E-state index contributed by atoms with van der Waals surface area (Å²) in [5.41, 5.74) is 0.749. The molecule has 29 heavy (non-hydrogen) atoms. The van der Waals surface area contributed by atoms with Crippen molar-refractivity contribution in [2.45, 2.75) is 24.8 Å². The first-order valence-electron chi connectivity index (χ1n) is 8.96. The minimum absolute atomic E-state index is 0.135. The molecule has 0 aliphatic carbocycles. The summed E-state index contributed by atoms with van der Waals surface area (Å²) in [6.45, 7) is 3.32. The van der Waals surface area contributed by atoms with Gasteiger partial charge in [-0.25, -0.2) is 8.42 Å². The molecule has 0 spiro atoms. The number of nitrogens with zero attached hydrogens (tertiary/aromatic N) is 1. The Labute approximate surface area is 170 Å². The third-order valence-corrected chi connectivity index (χ3v) is 6.35. The lowest BCUT2D eigenvalue weighted by molar-refractivity contribution is -0.115. The molecule has 0 fully saturated rings. The number of hydrogen-bond acceptors (Lipinski definition) is 5. The SMILES string of the molecule is COc1ccccc1C(=O)NCC(=O)Nc1ccc(S(=O)(=O)N(C)C(C)C)cc1. The number of anilines is 1. The Balaban J connectivity index is 1.97. The van der Waals surface area contributed by atoms with Gasteiger partial charge in [0, 0.05) is 18.8 Å². The largest absolute Gasteiger partial charge is 0.496 e. The smallest absolute Gasteiger partial charge is 0.255 e. The van der Waals surface area contributed by atoms with Gasteiger partial charge in [-0.2, -0.15) is 4.31 Å². The fraction of sp³-hybridized carbons (Fsp3) is 0.300. The number of carbonyl (C=O) groups is 2. The van der Waals surface area contributed by atoms with Crippen LogP contribution in [0.1, 0.15) is 24.2 Å². The van der Waals surface area contributed by atoms with Crippen LogP contribution in [0.25, 0.3) is 0 Å². The van der Waals surface area contributed by atoms with Crippen LogP contribution in [0.4, 0.5) is 5.69 Å². The predicted octanol–water partition coefficient (Wildman–Crippen LogP) is 2.09. The van der Waals surface area contributed by atoms with Crippen molar-refractivity contribution in [3.63, 3.8) is 0 Å². The number of carbonyl (C=O) groups excluding carboxylic acids is 2. The van der Waals surface area contributed by atoms with E-state index in [9.17, 15) is 18.0 Å². The molecule has 0 bridgehead atoms. The summed E-state index contributed by atoms with van der Waals surface area (Å²) in [6.07, 6.45) is 0. The van der Waals surface area contributed by atoms with E-state index in [-0.39, 0.29) is 17.5 Å². The Bertz CT molecular complexity index is 972. The Morgan fingerprint density at radius 2 is 1.69 bits per heavy atom. The van der Waals surface area contributed by atoms with Crippen molar-refractivity contribution < 1.29 is 22.7 Å². The second kappa shape index (κ2) is 9.53. The third-order valence-electron chi connectivity index (χ3n) is 4.30. The quantitative estimate of drug-likeness (QED) is 0.682. The molecular weight excluding hydrogens is 394 g/mol. The number of sulfonamides is 1. The summed E-state index contributed by atoms with van der Waals surface area (Å²) in [7, 11) is -0.617. The van der Waals surface area contributed by atoms with E-state index in [1.165, 1.54) is 42.7 Å². The van der Waals surface area contributed by atoms with Crippen molar-refractivity contribution in [2.24, 2.45) is 0 Å². The predicted molar refractivity (Wildman–Crippen MR) is 110 cm³/mol. The molecule has 0 aliphatic rings. The number of nitrogens with one attached hydrogen (secondary N) is 2. The molecule has 8 nitrogen and oxygen atoms in total. The van der Waals surface area contributed by atoms with Crippen LogP contribution in [0.5, 0.6) is 5.75 Å². The summed E-state index contributed by atoms with van der Waals surface area (Å²) in [5, 5.41) is 5.14. The molecule has 0 saturated heterocycles. The Morgan fingerprint density at radius 3 is 2.28 bits per heavy atom. The van der Waals surface area contributed by atoms with Gasteiger partial charge in [-0.05, 0) is 50.2 Å². The van der Waals surface area contributed by atoms with E-state index in [2.05, 4.69) is 10.6 Å². The maximum Gasteiger partial charge on any atom is 0.255 e. The monoisotopic (exact) mass is 419 g/mol. The number of methoxy groups -OCH3 is 1. The molecule has 0 aromatic heterocycles. The molecular formula is C20H25N3O5S. The van der Waals surface area contributed by atoms with Crippen LogP contribution in [0.15, 0.2) is 53.4 Å². The lowest BCUT2D eigenvalue weighted by Gasteiger charge is -2.21. The standard InChI is InChI=1S/C20H25N3O5S/c1-14(2)23(3)29(26,27)16-11-9-15(10-12-16)22-19(24)13-21-20(25)17-7-5-6-8-18(17)28-4/h5-12,14H,13H2,1-4H3,(H,21,25)(H,22,24). The second-order valence-electron chi connectivity index (χ2n) is 6.57. The summed E-state index contributed by atoms with van der Waals surface area (Å²) in [4.78, 5) is 24.4. The average molecular weight is 420 g/mol. The fourth-order valence-corrected chi connectivity index (χ4v) is 3.81. The fourth-order valence-electron chi connectivity index (χ4n) is 2.45. The van der Waals surface area contributed by atoms with Crippen molar-refractivity contribution in [1.29, 1.82) is 0 Å². The van der Waals surface area contributed by atoms with E-state index >= 15 is 0 Å². The number of para-hydroxylation sites is 1. The second-order valence-corrected chi connectivity index (χ2v) is 8.57. The third kappa shape index (κ3) is 5.55.